The van der Waals surface area contributed by atoms with Crippen molar-refractivity contribution in [2.24, 2.45) is 0 Å². The van der Waals surface area contributed by atoms with Gasteiger partial charge in [-0.1, -0.05) is 78.9 Å². The summed E-state index contributed by atoms with van der Waals surface area (Å²) in [5, 5.41) is 4.88. The molecule has 0 bridgehead atoms. The summed E-state index contributed by atoms with van der Waals surface area (Å²) in [7, 11) is 0. The van der Waals surface area contributed by atoms with Crippen molar-refractivity contribution in [2.45, 2.75) is 0 Å². The van der Waals surface area contributed by atoms with Gasteiger partial charge < -0.3 is 0 Å². The van der Waals surface area contributed by atoms with Crippen LogP contribution in [0.15, 0.2) is 121 Å². The van der Waals surface area contributed by atoms with Crippen LogP contribution in [0.1, 0.15) is 10.4 Å². The van der Waals surface area contributed by atoms with Crippen molar-refractivity contribution >= 4 is 11.6 Å². The van der Waals surface area contributed by atoms with Gasteiger partial charge >= 0.3 is 0 Å². The van der Waals surface area contributed by atoms with Gasteiger partial charge in [-0.2, -0.15) is 5.10 Å². The average molecular weight is 431 g/mol. The Morgan fingerprint density at radius 3 is 1.88 bits per heavy atom. The van der Waals surface area contributed by atoms with Crippen molar-refractivity contribution in [3.8, 4) is 28.2 Å². The molecule has 1 aromatic heterocycles. The van der Waals surface area contributed by atoms with Gasteiger partial charge in [-0.15, -0.1) is 0 Å². The lowest BCUT2D eigenvalue weighted by atomic mass is 10.1. The number of hydrazine groups is 1. The molecular weight excluding hydrogens is 408 g/mol. The quantitative estimate of drug-likeness (QED) is 0.327. The number of amides is 1. The first-order valence-electron chi connectivity index (χ1n) is 10.7. The van der Waals surface area contributed by atoms with E-state index in [2.05, 4.69) is 41.2 Å². The molecular formula is C28H22N4O. The van der Waals surface area contributed by atoms with Crippen LogP contribution in [-0.2, 0) is 0 Å². The number of hydrogen-bond donors (Lipinski definition) is 2. The van der Waals surface area contributed by atoms with E-state index < -0.39 is 0 Å². The van der Waals surface area contributed by atoms with Crippen LogP contribution in [0.3, 0.4) is 0 Å². The third kappa shape index (κ3) is 4.52. The van der Waals surface area contributed by atoms with E-state index in [1.807, 2.05) is 83.5 Å². The zero-order valence-electron chi connectivity index (χ0n) is 17.8. The lowest BCUT2D eigenvalue weighted by Crippen LogP contribution is -2.29. The van der Waals surface area contributed by atoms with Crippen molar-refractivity contribution in [1.29, 1.82) is 0 Å². The molecule has 0 fully saturated rings. The van der Waals surface area contributed by atoms with Crippen molar-refractivity contribution < 1.29 is 4.79 Å². The summed E-state index contributed by atoms with van der Waals surface area (Å²) >= 11 is 0. The highest BCUT2D eigenvalue weighted by Gasteiger charge is 2.14. The number of hydrogen-bond acceptors (Lipinski definition) is 3. The molecule has 4 aromatic carbocycles. The standard InChI is InChI=1S/C28H22N4O/c33-28(30-29-24-14-8-3-9-15-24)23-16-18-25(19-17-23)32-27(22-12-6-2-7-13-22)20-26(31-32)21-10-4-1-5-11-21/h1-20,29H,(H,30,33). The Morgan fingerprint density at radius 1 is 0.667 bits per heavy atom. The first kappa shape index (κ1) is 20.3. The van der Waals surface area contributed by atoms with Crippen LogP contribution >= 0.6 is 0 Å². The predicted octanol–water partition coefficient (Wildman–Crippen LogP) is 5.96. The topological polar surface area (TPSA) is 59.0 Å². The van der Waals surface area contributed by atoms with E-state index in [1.54, 1.807) is 12.1 Å². The molecule has 0 saturated carbocycles. The summed E-state index contributed by atoms with van der Waals surface area (Å²) in [6.07, 6.45) is 0. The van der Waals surface area contributed by atoms with E-state index in [1.165, 1.54) is 0 Å². The fourth-order valence-electron chi connectivity index (χ4n) is 3.62. The number of rotatable bonds is 6. The average Bonchev–Trinajstić information content (AvgIpc) is 3.35. The Morgan fingerprint density at radius 2 is 1.24 bits per heavy atom. The summed E-state index contributed by atoms with van der Waals surface area (Å²) in [6.45, 7) is 0. The molecule has 0 atom stereocenters. The lowest BCUT2D eigenvalue weighted by Gasteiger charge is -2.10. The molecule has 0 aliphatic rings. The lowest BCUT2D eigenvalue weighted by molar-refractivity contribution is 0.0962. The number of benzene rings is 4. The number of nitrogens with zero attached hydrogens (tertiary/aromatic N) is 2. The molecule has 160 valence electrons. The minimum Gasteiger partial charge on any atom is -0.298 e. The molecule has 1 heterocycles. The molecule has 0 spiro atoms. The zero-order valence-corrected chi connectivity index (χ0v) is 17.8. The summed E-state index contributed by atoms with van der Waals surface area (Å²) in [5.74, 6) is -0.209. The van der Waals surface area contributed by atoms with E-state index in [0.29, 0.717) is 5.56 Å². The van der Waals surface area contributed by atoms with Crippen LogP contribution in [-0.4, -0.2) is 15.7 Å². The molecule has 5 heteroatoms. The van der Waals surface area contributed by atoms with Gasteiger partial charge in [0.05, 0.1) is 22.8 Å². The van der Waals surface area contributed by atoms with E-state index in [9.17, 15) is 4.79 Å². The molecule has 33 heavy (non-hydrogen) atoms. The van der Waals surface area contributed by atoms with E-state index in [-0.39, 0.29) is 5.91 Å². The van der Waals surface area contributed by atoms with Gasteiger partial charge in [0.2, 0.25) is 0 Å². The van der Waals surface area contributed by atoms with Gasteiger partial charge in [0.15, 0.2) is 0 Å². The van der Waals surface area contributed by atoms with Crippen molar-refractivity contribution in [2.75, 3.05) is 5.43 Å². The third-order valence-electron chi connectivity index (χ3n) is 5.32. The van der Waals surface area contributed by atoms with Gasteiger partial charge in [-0.3, -0.25) is 15.6 Å². The van der Waals surface area contributed by atoms with Crippen molar-refractivity contribution in [3.05, 3.63) is 127 Å². The molecule has 5 nitrogen and oxygen atoms in total. The van der Waals surface area contributed by atoms with E-state index in [4.69, 9.17) is 5.10 Å². The second kappa shape index (κ2) is 9.24. The number of para-hydroxylation sites is 1. The normalized spacial score (nSPS) is 10.5. The second-order valence-corrected chi connectivity index (χ2v) is 7.55. The number of nitrogens with one attached hydrogen (secondary N) is 2. The largest absolute Gasteiger partial charge is 0.298 e. The molecule has 5 aromatic rings. The monoisotopic (exact) mass is 430 g/mol. The maximum Gasteiger partial charge on any atom is 0.269 e. The maximum absolute atomic E-state index is 12.5. The minimum absolute atomic E-state index is 0.209. The number of carbonyl (C=O) groups excluding carboxylic acids is 1. The first-order valence-corrected chi connectivity index (χ1v) is 10.7. The van der Waals surface area contributed by atoms with Gasteiger partial charge in [0.1, 0.15) is 0 Å². The first-order chi connectivity index (χ1) is 16.3. The Balaban J connectivity index is 1.43. The second-order valence-electron chi connectivity index (χ2n) is 7.55. The Hall–Kier alpha value is -4.64. The Bertz CT molecular complexity index is 1350. The highest BCUT2D eigenvalue weighted by molar-refractivity contribution is 5.95. The van der Waals surface area contributed by atoms with Crippen LogP contribution in [0.2, 0.25) is 0 Å². The molecule has 0 aliphatic heterocycles. The van der Waals surface area contributed by atoms with Crippen LogP contribution < -0.4 is 10.9 Å². The SMILES string of the molecule is O=C(NNc1ccccc1)c1ccc(-n2nc(-c3ccccc3)cc2-c2ccccc2)cc1. The van der Waals surface area contributed by atoms with E-state index >= 15 is 0 Å². The fraction of sp³-hybridized carbons (Fsp3) is 0. The third-order valence-corrected chi connectivity index (χ3v) is 5.32. The minimum atomic E-state index is -0.209. The maximum atomic E-state index is 12.5. The summed E-state index contributed by atoms with van der Waals surface area (Å²) in [4.78, 5) is 12.5. The summed E-state index contributed by atoms with van der Waals surface area (Å²) < 4.78 is 1.92. The Labute approximate surface area is 192 Å². The van der Waals surface area contributed by atoms with Gasteiger partial charge in [-0.25, -0.2) is 4.68 Å². The van der Waals surface area contributed by atoms with Crippen molar-refractivity contribution in [3.63, 3.8) is 0 Å². The highest BCUT2D eigenvalue weighted by atomic mass is 16.2. The van der Waals surface area contributed by atoms with Crippen LogP contribution in [0.25, 0.3) is 28.2 Å². The molecule has 0 saturated heterocycles. The van der Waals surface area contributed by atoms with Crippen LogP contribution in [0, 0.1) is 0 Å². The van der Waals surface area contributed by atoms with Crippen LogP contribution in [0.5, 0.6) is 0 Å². The zero-order chi connectivity index (χ0) is 22.5. The van der Waals surface area contributed by atoms with Crippen molar-refractivity contribution in [1.82, 2.24) is 15.2 Å². The van der Waals surface area contributed by atoms with Gasteiger partial charge in [0, 0.05) is 16.7 Å². The summed E-state index contributed by atoms with van der Waals surface area (Å²) in [5.41, 5.74) is 11.9. The molecule has 1 amide bonds. The molecule has 0 unspecified atom stereocenters. The number of aromatic nitrogens is 2. The molecule has 0 aliphatic carbocycles. The molecule has 2 N–H and O–H groups in total. The fourth-order valence-corrected chi connectivity index (χ4v) is 3.62. The molecule has 5 rings (SSSR count). The van der Waals surface area contributed by atoms with Gasteiger partial charge in [0.25, 0.3) is 5.91 Å². The Kier molecular flexibility index (Phi) is 5.68. The number of anilines is 1. The number of carbonyl (C=O) groups is 1. The smallest absolute Gasteiger partial charge is 0.269 e. The molecule has 0 radical (unpaired) electrons. The highest BCUT2D eigenvalue weighted by Crippen LogP contribution is 2.28. The van der Waals surface area contributed by atoms with Crippen LogP contribution in [0.4, 0.5) is 5.69 Å². The van der Waals surface area contributed by atoms with Gasteiger partial charge in [-0.05, 0) is 42.5 Å². The summed E-state index contributed by atoms with van der Waals surface area (Å²) in [6, 6.07) is 39.3. The van der Waals surface area contributed by atoms with E-state index in [0.717, 1.165) is 33.9 Å². The predicted molar refractivity (Wildman–Crippen MR) is 132 cm³/mol.